The molecule has 2 nitrogen and oxygen atoms in total. The molecule has 0 bridgehead atoms. The molecule has 1 aliphatic rings. The van der Waals surface area contributed by atoms with Crippen molar-refractivity contribution in [2.45, 2.75) is 213 Å². The van der Waals surface area contributed by atoms with Gasteiger partial charge in [0.1, 0.15) is 6.17 Å². The lowest BCUT2D eigenvalue weighted by atomic mass is 10.0. The first-order valence-electron chi connectivity index (χ1n) is 18.5. The van der Waals surface area contributed by atoms with Crippen molar-refractivity contribution in [1.82, 2.24) is 9.80 Å². The van der Waals surface area contributed by atoms with E-state index in [9.17, 15) is 0 Å². The van der Waals surface area contributed by atoms with Crippen LogP contribution in [0.5, 0.6) is 0 Å². The van der Waals surface area contributed by atoms with Gasteiger partial charge in [-0.2, -0.15) is 0 Å². The average molecular weight is 547 g/mol. The SMILES string of the molecule is CCCCCCCCCCCCCCCN1C=CN(CCCCCCCCC)C1CCCCCCCCCC. The second kappa shape index (κ2) is 28.9. The molecule has 1 aliphatic heterocycles. The van der Waals surface area contributed by atoms with Crippen LogP contribution in [-0.2, 0) is 0 Å². The number of hydrogen-bond acceptors (Lipinski definition) is 2. The Hall–Kier alpha value is -0.660. The Labute approximate surface area is 248 Å². The molecule has 0 fully saturated rings. The molecule has 0 radical (unpaired) electrons. The normalized spacial score (nSPS) is 15.2. The van der Waals surface area contributed by atoms with Gasteiger partial charge in [0.05, 0.1) is 0 Å². The van der Waals surface area contributed by atoms with Crippen LogP contribution in [0.2, 0.25) is 0 Å². The van der Waals surface area contributed by atoms with Gasteiger partial charge in [-0.05, 0) is 25.7 Å². The zero-order chi connectivity index (χ0) is 28.1. The Morgan fingerprint density at radius 2 is 0.590 bits per heavy atom. The monoisotopic (exact) mass is 547 g/mol. The van der Waals surface area contributed by atoms with E-state index in [0.29, 0.717) is 6.17 Å². The van der Waals surface area contributed by atoms with Crippen molar-refractivity contribution < 1.29 is 0 Å². The maximum absolute atomic E-state index is 2.71. The molecule has 1 heterocycles. The van der Waals surface area contributed by atoms with Crippen molar-refractivity contribution >= 4 is 0 Å². The van der Waals surface area contributed by atoms with Crippen LogP contribution in [-0.4, -0.2) is 29.1 Å². The van der Waals surface area contributed by atoms with Gasteiger partial charge in [0, 0.05) is 25.5 Å². The Balaban J connectivity index is 2.20. The zero-order valence-corrected chi connectivity index (χ0v) is 27.5. The molecule has 0 saturated carbocycles. The van der Waals surface area contributed by atoms with E-state index >= 15 is 0 Å². The first-order valence-corrected chi connectivity index (χ1v) is 18.5. The minimum Gasteiger partial charge on any atom is -0.356 e. The van der Waals surface area contributed by atoms with Crippen LogP contribution in [0.1, 0.15) is 207 Å². The molecule has 2 heteroatoms. The summed E-state index contributed by atoms with van der Waals surface area (Å²) in [6.07, 6.45) is 46.9. The second-order valence-corrected chi connectivity index (χ2v) is 12.9. The first-order chi connectivity index (χ1) is 19.3. The summed E-state index contributed by atoms with van der Waals surface area (Å²) in [5.74, 6) is 0. The summed E-state index contributed by atoms with van der Waals surface area (Å²) in [5, 5.41) is 0. The fraction of sp³-hybridized carbons (Fsp3) is 0.946. The zero-order valence-electron chi connectivity index (χ0n) is 27.5. The molecule has 0 saturated heterocycles. The van der Waals surface area contributed by atoms with Crippen LogP contribution in [0.25, 0.3) is 0 Å². The quantitative estimate of drug-likeness (QED) is 0.0798. The summed E-state index contributed by atoms with van der Waals surface area (Å²) in [6, 6.07) is 0. The van der Waals surface area contributed by atoms with E-state index in [4.69, 9.17) is 0 Å². The molecule has 0 N–H and O–H groups in total. The van der Waals surface area contributed by atoms with Crippen LogP contribution < -0.4 is 0 Å². The molecular weight excluding hydrogens is 472 g/mol. The van der Waals surface area contributed by atoms with Crippen LogP contribution in [0.3, 0.4) is 0 Å². The number of rotatable bonds is 31. The highest BCUT2D eigenvalue weighted by atomic mass is 15.4. The van der Waals surface area contributed by atoms with Gasteiger partial charge in [0.2, 0.25) is 0 Å². The topological polar surface area (TPSA) is 6.48 Å². The van der Waals surface area contributed by atoms with Crippen LogP contribution >= 0.6 is 0 Å². The molecule has 0 aromatic heterocycles. The van der Waals surface area contributed by atoms with E-state index < -0.39 is 0 Å². The molecular formula is C37H74N2. The van der Waals surface area contributed by atoms with Gasteiger partial charge in [-0.15, -0.1) is 0 Å². The number of nitrogens with zero attached hydrogens (tertiary/aromatic N) is 2. The van der Waals surface area contributed by atoms with Gasteiger partial charge in [-0.3, -0.25) is 0 Å². The lowest BCUT2D eigenvalue weighted by Crippen LogP contribution is -2.39. The van der Waals surface area contributed by atoms with Gasteiger partial charge in [0.25, 0.3) is 0 Å². The van der Waals surface area contributed by atoms with E-state index in [0.717, 1.165) is 0 Å². The van der Waals surface area contributed by atoms with E-state index in [1.165, 1.54) is 199 Å². The fourth-order valence-electron chi connectivity index (χ4n) is 6.36. The summed E-state index contributed by atoms with van der Waals surface area (Å²) in [6.45, 7) is 9.48. The highest BCUT2D eigenvalue weighted by Gasteiger charge is 2.24. The van der Waals surface area contributed by atoms with E-state index in [1.54, 1.807) is 0 Å². The van der Waals surface area contributed by atoms with Crippen LogP contribution in [0, 0.1) is 0 Å². The predicted octanol–water partition coefficient (Wildman–Crippen LogP) is 12.8. The molecule has 39 heavy (non-hydrogen) atoms. The lowest BCUT2D eigenvalue weighted by Gasteiger charge is -2.33. The number of unbranched alkanes of at least 4 members (excludes halogenated alkanes) is 25. The molecule has 0 aliphatic carbocycles. The average Bonchev–Trinajstić information content (AvgIpc) is 3.33. The first kappa shape index (κ1) is 36.4. The summed E-state index contributed by atoms with van der Waals surface area (Å²) >= 11 is 0. The van der Waals surface area contributed by atoms with Crippen molar-refractivity contribution in [1.29, 1.82) is 0 Å². The van der Waals surface area contributed by atoms with Crippen molar-refractivity contribution in [3.63, 3.8) is 0 Å². The summed E-state index contributed by atoms with van der Waals surface area (Å²) < 4.78 is 0. The minimum absolute atomic E-state index is 0.641. The fourth-order valence-corrected chi connectivity index (χ4v) is 6.36. The standard InChI is InChI=1S/C37H74N2/c1-4-7-10-13-16-18-19-20-21-22-25-28-31-34-39-36-35-38(33-30-27-24-15-12-9-6-3)37(39)32-29-26-23-17-14-11-8-5-2/h35-37H,4-34H2,1-3H3. The third kappa shape index (κ3) is 21.7. The van der Waals surface area contributed by atoms with Gasteiger partial charge < -0.3 is 9.80 Å². The summed E-state index contributed by atoms with van der Waals surface area (Å²) in [4.78, 5) is 5.41. The maximum Gasteiger partial charge on any atom is 0.101 e. The maximum atomic E-state index is 2.71. The highest BCUT2D eigenvalue weighted by Crippen LogP contribution is 2.24. The summed E-state index contributed by atoms with van der Waals surface area (Å²) in [5.41, 5.74) is 0. The molecule has 0 amide bonds. The molecule has 0 spiro atoms. The Morgan fingerprint density at radius 3 is 0.897 bits per heavy atom. The Morgan fingerprint density at radius 1 is 0.333 bits per heavy atom. The van der Waals surface area contributed by atoms with Crippen molar-refractivity contribution in [3.8, 4) is 0 Å². The van der Waals surface area contributed by atoms with E-state index in [-0.39, 0.29) is 0 Å². The molecule has 0 aromatic carbocycles. The molecule has 232 valence electrons. The molecule has 0 aromatic rings. The summed E-state index contributed by atoms with van der Waals surface area (Å²) in [7, 11) is 0. The minimum atomic E-state index is 0.641. The van der Waals surface area contributed by atoms with E-state index in [1.807, 2.05) is 0 Å². The lowest BCUT2D eigenvalue weighted by molar-refractivity contribution is 0.135. The van der Waals surface area contributed by atoms with Crippen molar-refractivity contribution in [2.24, 2.45) is 0 Å². The van der Waals surface area contributed by atoms with E-state index in [2.05, 4.69) is 43.0 Å². The smallest absolute Gasteiger partial charge is 0.101 e. The van der Waals surface area contributed by atoms with Crippen molar-refractivity contribution in [2.75, 3.05) is 13.1 Å². The largest absolute Gasteiger partial charge is 0.356 e. The van der Waals surface area contributed by atoms with Gasteiger partial charge in [0.15, 0.2) is 0 Å². The van der Waals surface area contributed by atoms with Gasteiger partial charge >= 0.3 is 0 Å². The van der Waals surface area contributed by atoms with Crippen LogP contribution in [0.15, 0.2) is 12.4 Å². The predicted molar refractivity (Wildman–Crippen MR) is 177 cm³/mol. The van der Waals surface area contributed by atoms with Crippen molar-refractivity contribution in [3.05, 3.63) is 12.4 Å². The van der Waals surface area contributed by atoms with Gasteiger partial charge in [-0.1, -0.05) is 181 Å². The molecule has 1 rings (SSSR count). The van der Waals surface area contributed by atoms with Gasteiger partial charge in [-0.25, -0.2) is 0 Å². The van der Waals surface area contributed by atoms with Crippen LogP contribution in [0.4, 0.5) is 0 Å². The molecule has 1 atom stereocenters. The Bertz CT molecular complexity index is 502. The second-order valence-electron chi connectivity index (χ2n) is 12.9. The third-order valence-electron chi connectivity index (χ3n) is 9.07. The molecule has 1 unspecified atom stereocenters. The number of hydrogen-bond donors (Lipinski definition) is 0. The Kier molecular flexibility index (Phi) is 26.9. The highest BCUT2D eigenvalue weighted by molar-refractivity contribution is 4.97. The third-order valence-corrected chi connectivity index (χ3v) is 9.07.